The minimum atomic E-state index is -0.910. The first-order chi connectivity index (χ1) is 13.0. The third-order valence-electron chi connectivity index (χ3n) is 3.72. The topological polar surface area (TPSA) is 122 Å². The van der Waals surface area contributed by atoms with Crippen molar-refractivity contribution in [3.63, 3.8) is 0 Å². The SMILES string of the molecule is COC(=O)[C@H](Cc1cnc[nH]1)NC(=O)[C@H](C)NC(=O)OCc1ccccc1. The fourth-order valence-corrected chi connectivity index (χ4v) is 2.26. The van der Waals surface area contributed by atoms with Crippen LogP contribution in [0.25, 0.3) is 0 Å². The summed E-state index contributed by atoms with van der Waals surface area (Å²) < 4.78 is 9.78. The zero-order valence-electron chi connectivity index (χ0n) is 15.1. The Morgan fingerprint density at radius 1 is 1.19 bits per heavy atom. The third-order valence-corrected chi connectivity index (χ3v) is 3.72. The summed E-state index contributed by atoms with van der Waals surface area (Å²) in [6.07, 6.45) is 2.47. The van der Waals surface area contributed by atoms with Crippen molar-refractivity contribution >= 4 is 18.0 Å². The van der Waals surface area contributed by atoms with Gasteiger partial charge in [0.25, 0.3) is 0 Å². The van der Waals surface area contributed by atoms with Gasteiger partial charge >= 0.3 is 12.1 Å². The highest BCUT2D eigenvalue weighted by atomic mass is 16.5. The Morgan fingerprint density at radius 2 is 1.93 bits per heavy atom. The van der Waals surface area contributed by atoms with E-state index in [2.05, 4.69) is 20.6 Å². The number of alkyl carbamates (subject to hydrolysis) is 1. The highest BCUT2D eigenvalue weighted by Crippen LogP contribution is 2.03. The molecule has 0 aliphatic carbocycles. The van der Waals surface area contributed by atoms with Gasteiger partial charge in [-0.15, -0.1) is 0 Å². The number of imidazole rings is 1. The highest BCUT2D eigenvalue weighted by Gasteiger charge is 2.26. The average molecular weight is 374 g/mol. The van der Waals surface area contributed by atoms with Crippen LogP contribution in [0, 0.1) is 0 Å². The first-order valence-electron chi connectivity index (χ1n) is 8.32. The Morgan fingerprint density at radius 3 is 2.56 bits per heavy atom. The van der Waals surface area contributed by atoms with E-state index in [0.717, 1.165) is 5.56 Å². The van der Waals surface area contributed by atoms with Crippen molar-refractivity contribution < 1.29 is 23.9 Å². The number of hydrogen-bond acceptors (Lipinski definition) is 6. The molecule has 9 nitrogen and oxygen atoms in total. The Hall–Kier alpha value is -3.36. The summed E-state index contributed by atoms with van der Waals surface area (Å²) in [6.45, 7) is 1.58. The maximum Gasteiger partial charge on any atom is 0.408 e. The number of nitrogens with zero attached hydrogens (tertiary/aromatic N) is 1. The summed E-state index contributed by atoms with van der Waals surface area (Å²) in [5.74, 6) is -1.14. The normalized spacial score (nSPS) is 12.5. The van der Waals surface area contributed by atoms with E-state index in [1.54, 1.807) is 6.20 Å². The van der Waals surface area contributed by atoms with E-state index in [1.807, 2.05) is 30.3 Å². The lowest BCUT2D eigenvalue weighted by atomic mass is 10.1. The number of amides is 2. The van der Waals surface area contributed by atoms with Crippen LogP contribution in [0.5, 0.6) is 0 Å². The molecule has 0 saturated heterocycles. The molecule has 0 bridgehead atoms. The van der Waals surface area contributed by atoms with Crippen LogP contribution < -0.4 is 10.6 Å². The van der Waals surface area contributed by atoms with Crippen LogP contribution >= 0.6 is 0 Å². The molecule has 0 saturated carbocycles. The van der Waals surface area contributed by atoms with Crippen LogP contribution in [-0.2, 0) is 32.1 Å². The molecule has 1 heterocycles. The van der Waals surface area contributed by atoms with E-state index in [-0.39, 0.29) is 13.0 Å². The highest BCUT2D eigenvalue weighted by molar-refractivity contribution is 5.89. The summed E-state index contributed by atoms with van der Waals surface area (Å²) in [5, 5.41) is 4.98. The van der Waals surface area contributed by atoms with Crippen molar-refractivity contribution in [1.82, 2.24) is 20.6 Å². The molecule has 0 fully saturated rings. The first kappa shape index (κ1) is 20.0. The van der Waals surface area contributed by atoms with Crippen molar-refractivity contribution in [2.45, 2.75) is 32.0 Å². The second-order valence-electron chi connectivity index (χ2n) is 5.79. The summed E-state index contributed by atoms with van der Waals surface area (Å²) in [6, 6.07) is 7.35. The van der Waals surface area contributed by atoms with Crippen molar-refractivity contribution in [3.8, 4) is 0 Å². The Kier molecular flexibility index (Phi) is 7.36. The summed E-state index contributed by atoms with van der Waals surface area (Å²) in [5.41, 5.74) is 1.49. The van der Waals surface area contributed by atoms with Gasteiger partial charge in [-0.25, -0.2) is 14.6 Å². The summed E-state index contributed by atoms with van der Waals surface area (Å²) in [7, 11) is 1.23. The number of H-pyrrole nitrogens is 1. The number of benzene rings is 1. The molecule has 1 aromatic carbocycles. The van der Waals surface area contributed by atoms with Gasteiger partial charge in [0.15, 0.2) is 0 Å². The van der Waals surface area contributed by atoms with E-state index in [1.165, 1.54) is 20.4 Å². The third kappa shape index (κ3) is 6.46. The van der Waals surface area contributed by atoms with Gasteiger partial charge in [-0.1, -0.05) is 30.3 Å². The number of carbonyl (C=O) groups is 3. The minimum absolute atomic E-state index is 0.0889. The number of methoxy groups -OCH3 is 1. The van der Waals surface area contributed by atoms with Gasteiger partial charge in [0.2, 0.25) is 5.91 Å². The number of aromatic amines is 1. The molecule has 1 aromatic heterocycles. The van der Waals surface area contributed by atoms with Gasteiger partial charge < -0.3 is 25.1 Å². The molecule has 9 heteroatoms. The molecular formula is C18H22N4O5. The van der Waals surface area contributed by atoms with Gasteiger partial charge in [-0.05, 0) is 12.5 Å². The number of nitrogens with one attached hydrogen (secondary N) is 3. The van der Waals surface area contributed by atoms with Gasteiger partial charge in [-0.3, -0.25) is 4.79 Å². The predicted molar refractivity (Wildman–Crippen MR) is 95.5 cm³/mol. The van der Waals surface area contributed by atoms with Crippen molar-refractivity contribution in [1.29, 1.82) is 0 Å². The van der Waals surface area contributed by atoms with E-state index in [0.29, 0.717) is 5.69 Å². The molecule has 2 atom stereocenters. The maximum atomic E-state index is 12.3. The number of hydrogen-bond donors (Lipinski definition) is 3. The fraction of sp³-hybridized carbons (Fsp3) is 0.333. The van der Waals surface area contributed by atoms with Crippen LogP contribution in [0.1, 0.15) is 18.2 Å². The smallest absolute Gasteiger partial charge is 0.408 e. The Balaban J connectivity index is 1.84. The molecule has 3 N–H and O–H groups in total. The lowest BCUT2D eigenvalue weighted by Crippen LogP contribution is -2.51. The zero-order valence-corrected chi connectivity index (χ0v) is 15.1. The first-order valence-corrected chi connectivity index (χ1v) is 8.32. The monoisotopic (exact) mass is 374 g/mol. The van der Waals surface area contributed by atoms with Crippen LogP contribution in [0.2, 0.25) is 0 Å². The van der Waals surface area contributed by atoms with Crippen LogP contribution in [0.4, 0.5) is 4.79 Å². The molecule has 0 aliphatic heterocycles. The quantitative estimate of drug-likeness (QED) is 0.591. The average Bonchev–Trinajstić information content (AvgIpc) is 3.19. The molecule has 2 rings (SSSR count). The molecule has 0 aliphatic rings. The summed E-state index contributed by atoms with van der Waals surface area (Å²) >= 11 is 0. The van der Waals surface area contributed by atoms with Crippen molar-refractivity contribution in [3.05, 3.63) is 54.1 Å². The van der Waals surface area contributed by atoms with Crippen LogP contribution in [0.3, 0.4) is 0 Å². The largest absolute Gasteiger partial charge is 0.467 e. The number of ether oxygens (including phenoxy) is 2. The molecule has 2 amide bonds. The lowest BCUT2D eigenvalue weighted by Gasteiger charge is -2.19. The van der Waals surface area contributed by atoms with Crippen molar-refractivity contribution in [2.75, 3.05) is 7.11 Å². The standard InChI is InChI=1S/C18H22N4O5/c1-12(21-18(25)27-10-13-6-4-3-5-7-13)16(23)22-15(17(24)26-2)8-14-9-19-11-20-14/h3-7,9,11-12,15H,8,10H2,1-2H3,(H,19,20)(H,21,25)(H,22,23)/t12-,15-/m0/s1. The summed E-state index contributed by atoms with van der Waals surface area (Å²) in [4.78, 5) is 42.8. The molecule has 144 valence electrons. The number of aromatic nitrogens is 2. The number of carbonyl (C=O) groups excluding carboxylic acids is 3. The maximum absolute atomic E-state index is 12.3. The van der Waals surface area contributed by atoms with Crippen LogP contribution in [0.15, 0.2) is 42.9 Å². The Bertz CT molecular complexity index is 748. The lowest BCUT2D eigenvalue weighted by molar-refractivity contribution is -0.145. The van der Waals surface area contributed by atoms with E-state index >= 15 is 0 Å². The number of esters is 1. The fourth-order valence-electron chi connectivity index (χ4n) is 2.26. The van der Waals surface area contributed by atoms with Crippen molar-refractivity contribution in [2.24, 2.45) is 0 Å². The second-order valence-corrected chi connectivity index (χ2v) is 5.79. The Labute approximate surface area is 156 Å². The molecule has 0 spiro atoms. The minimum Gasteiger partial charge on any atom is -0.467 e. The van der Waals surface area contributed by atoms with Gasteiger partial charge in [0, 0.05) is 18.3 Å². The van der Waals surface area contributed by atoms with Gasteiger partial charge in [0.1, 0.15) is 18.7 Å². The predicted octanol–water partition coefficient (Wildman–Crippen LogP) is 0.925. The molecule has 27 heavy (non-hydrogen) atoms. The van der Waals surface area contributed by atoms with Crippen LogP contribution in [-0.4, -0.2) is 47.1 Å². The molecule has 2 aromatic rings. The van der Waals surface area contributed by atoms with E-state index < -0.39 is 30.1 Å². The number of rotatable bonds is 8. The zero-order chi connectivity index (χ0) is 19.6. The molecule has 0 radical (unpaired) electrons. The molecule has 0 unspecified atom stereocenters. The second kappa shape index (κ2) is 9.95. The van der Waals surface area contributed by atoms with E-state index in [9.17, 15) is 14.4 Å². The van der Waals surface area contributed by atoms with Gasteiger partial charge in [0.05, 0.1) is 13.4 Å². The van der Waals surface area contributed by atoms with Gasteiger partial charge in [-0.2, -0.15) is 0 Å². The van der Waals surface area contributed by atoms with E-state index in [4.69, 9.17) is 9.47 Å². The molecular weight excluding hydrogens is 352 g/mol.